The Morgan fingerprint density at radius 1 is 0.263 bits per heavy atom. The summed E-state index contributed by atoms with van der Waals surface area (Å²) in [6.07, 6.45) is -29.7. The van der Waals surface area contributed by atoms with Gasteiger partial charge in [0.05, 0.1) is 33.4 Å². The number of alkyl halides is 18. The van der Waals surface area contributed by atoms with Crippen molar-refractivity contribution in [3.8, 4) is 0 Å². The molecule has 0 amide bonds. The summed E-state index contributed by atoms with van der Waals surface area (Å²) in [4.78, 5) is 0. The van der Waals surface area contributed by atoms with Crippen LogP contribution >= 0.6 is 0 Å². The first-order chi connectivity index (χ1) is 35.6. The molecule has 76 heavy (non-hydrogen) atoms. The molecule has 4 aliphatic rings. The van der Waals surface area contributed by atoms with Crippen LogP contribution in [0.5, 0.6) is 0 Å². The van der Waals surface area contributed by atoms with Crippen LogP contribution in [0.3, 0.4) is 0 Å². The molecule has 0 radical (unpaired) electrons. The van der Waals surface area contributed by atoms with Crippen LogP contribution < -0.4 is 10.9 Å². The van der Waals surface area contributed by atoms with Crippen LogP contribution in [0.2, 0.25) is 0 Å². The van der Waals surface area contributed by atoms with Gasteiger partial charge in [-0.1, -0.05) is 143 Å². The zero-order valence-electron chi connectivity index (χ0n) is 39.1. The Morgan fingerprint density at radius 2 is 0.461 bits per heavy atom. The normalized spacial score (nSPS) is 16.5. The standard InChI is InChI=1S/2C28H18BF9/c2*30-26(31,32)18-14-21(27(33,34)35)25(22(15-18)28(36,37)38)29-23(16-8-3-1-4-9-16)19-12-7-13-20(19)24(29)17-10-5-2-6-11-17/h2*1-6,8-11,14-15H,7,12-13H2. The number of hydrogen-bond donors (Lipinski definition) is 0. The van der Waals surface area contributed by atoms with Crippen LogP contribution in [0.4, 0.5) is 79.0 Å². The smallest absolute Gasteiger partial charge is 0.166 e. The van der Waals surface area contributed by atoms with Crippen LogP contribution in [-0.2, 0) is 37.1 Å². The van der Waals surface area contributed by atoms with E-state index < -0.39 is 94.8 Å². The zero-order valence-corrected chi connectivity index (χ0v) is 39.1. The third-order valence-electron chi connectivity index (χ3n) is 14.0. The summed E-state index contributed by atoms with van der Waals surface area (Å²) in [5, 5.41) is 0. The largest absolute Gasteiger partial charge is 0.416 e. The quantitative estimate of drug-likeness (QED) is 0.115. The predicted molar refractivity (Wildman–Crippen MR) is 255 cm³/mol. The van der Waals surface area contributed by atoms with Crippen molar-refractivity contribution in [1.29, 1.82) is 0 Å². The van der Waals surface area contributed by atoms with Crippen molar-refractivity contribution >= 4 is 46.2 Å². The minimum absolute atomic E-state index is 0.195. The van der Waals surface area contributed by atoms with Gasteiger partial charge in [-0.2, -0.15) is 79.0 Å². The van der Waals surface area contributed by atoms with Gasteiger partial charge < -0.3 is 0 Å². The van der Waals surface area contributed by atoms with Crippen molar-refractivity contribution < 1.29 is 79.0 Å². The molecule has 0 saturated heterocycles. The number of hydrogen-bond acceptors (Lipinski definition) is 0. The van der Waals surface area contributed by atoms with Gasteiger partial charge >= 0.3 is 37.1 Å². The van der Waals surface area contributed by atoms with E-state index >= 15 is 0 Å². The van der Waals surface area contributed by atoms with E-state index in [1.54, 1.807) is 121 Å². The molecule has 2 saturated carbocycles. The Balaban J connectivity index is 0.000000186. The van der Waals surface area contributed by atoms with Gasteiger partial charge in [-0.05, 0) is 118 Å². The third kappa shape index (κ3) is 10.3. The summed E-state index contributed by atoms with van der Waals surface area (Å²) in [5.74, 6) is 0. The van der Waals surface area contributed by atoms with E-state index in [9.17, 15) is 79.0 Å². The van der Waals surface area contributed by atoms with Crippen molar-refractivity contribution in [3.63, 3.8) is 0 Å². The molecule has 0 aromatic heterocycles. The average molecular weight is 1070 g/mol. The molecule has 10 rings (SSSR count). The Morgan fingerprint density at radius 3 is 0.632 bits per heavy atom. The molecule has 2 heterocycles. The maximum absolute atomic E-state index is 14.4. The van der Waals surface area contributed by atoms with Gasteiger partial charge in [0.15, 0.2) is 0 Å². The molecule has 0 N–H and O–H groups in total. The van der Waals surface area contributed by atoms with E-state index in [4.69, 9.17) is 0 Å². The van der Waals surface area contributed by atoms with Crippen molar-refractivity contribution in [2.75, 3.05) is 0 Å². The van der Waals surface area contributed by atoms with Gasteiger partial charge in [-0.25, -0.2) is 0 Å². The first kappa shape index (κ1) is 54.0. The summed E-state index contributed by atoms with van der Waals surface area (Å²) < 4.78 is 254. The summed E-state index contributed by atoms with van der Waals surface area (Å²) >= 11 is 0. The minimum atomic E-state index is -5.48. The number of halogens is 18. The van der Waals surface area contributed by atoms with Gasteiger partial charge in [-0.15, -0.1) is 0 Å². The molecule has 20 heteroatoms. The number of fused-ring (bicyclic) bond motifs is 2. The van der Waals surface area contributed by atoms with Crippen molar-refractivity contribution in [2.24, 2.45) is 0 Å². The fourth-order valence-corrected chi connectivity index (χ4v) is 11.3. The van der Waals surface area contributed by atoms with Gasteiger partial charge in [0.2, 0.25) is 13.4 Å². The first-order valence-electron chi connectivity index (χ1n) is 23.5. The van der Waals surface area contributed by atoms with E-state index in [-0.39, 0.29) is 46.2 Å². The monoisotopic (exact) mass is 1070 g/mol. The SMILES string of the molecule is FC(F)(F)c1cc(C(F)(F)F)c(B2C(c3ccccc3)=C3CCCC3=C2c2ccccc2)c(C(F)(F)F)c1.FC(F)(F)c1cc(C(F)(F)F)c(B2C(c3ccccc3)=C3CCCC3=C2c2ccccc2)c(C(F)(F)F)c1. The lowest BCUT2D eigenvalue weighted by atomic mass is 9.33. The van der Waals surface area contributed by atoms with E-state index in [2.05, 4.69) is 0 Å². The summed E-state index contributed by atoms with van der Waals surface area (Å²) in [6, 6.07) is 31.7. The lowest BCUT2D eigenvalue weighted by Gasteiger charge is -2.27. The number of rotatable bonds is 6. The van der Waals surface area contributed by atoms with Gasteiger partial charge in [0.25, 0.3) is 0 Å². The molecule has 0 bridgehead atoms. The lowest BCUT2D eigenvalue weighted by molar-refractivity contribution is -0.149. The van der Waals surface area contributed by atoms with Crippen LogP contribution in [0.15, 0.2) is 168 Å². The first-order valence-corrected chi connectivity index (χ1v) is 23.5. The molecular weight excluding hydrogens is 1040 g/mol. The molecule has 0 spiro atoms. The highest BCUT2D eigenvalue weighted by atomic mass is 19.4. The number of allylic oxidation sites excluding steroid dienone is 4. The molecule has 2 fully saturated rings. The maximum atomic E-state index is 14.4. The van der Waals surface area contributed by atoms with E-state index in [1.807, 2.05) is 0 Å². The van der Waals surface area contributed by atoms with Crippen molar-refractivity contribution in [1.82, 2.24) is 0 Å². The third-order valence-corrected chi connectivity index (χ3v) is 14.0. The highest BCUT2D eigenvalue weighted by Crippen LogP contribution is 2.54. The highest BCUT2D eigenvalue weighted by molar-refractivity contribution is 7.06. The molecule has 0 nitrogen and oxygen atoms in total. The molecule has 392 valence electrons. The van der Waals surface area contributed by atoms with E-state index in [0.717, 1.165) is 0 Å². The highest BCUT2D eigenvalue weighted by Gasteiger charge is 2.53. The summed E-state index contributed by atoms with van der Waals surface area (Å²) in [7, 11) is 0. The predicted octanol–water partition coefficient (Wildman–Crippen LogP) is 17.3. The Kier molecular flexibility index (Phi) is 13.9. The molecule has 2 aliphatic heterocycles. The maximum Gasteiger partial charge on any atom is 0.416 e. The van der Waals surface area contributed by atoms with Crippen molar-refractivity contribution in [2.45, 2.75) is 75.6 Å². The van der Waals surface area contributed by atoms with Gasteiger partial charge in [0, 0.05) is 0 Å². The molecule has 0 atom stereocenters. The second-order valence-corrected chi connectivity index (χ2v) is 18.6. The van der Waals surface area contributed by atoms with E-state index in [1.165, 1.54) is 0 Å². The minimum Gasteiger partial charge on any atom is -0.166 e. The molecule has 2 aliphatic carbocycles. The fraction of sp³-hybridized carbons (Fsp3) is 0.214. The second kappa shape index (κ2) is 19.6. The van der Waals surface area contributed by atoms with Gasteiger partial charge in [0.1, 0.15) is 0 Å². The van der Waals surface area contributed by atoms with Crippen LogP contribution in [0.1, 0.15) is 94.2 Å². The lowest BCUT2D eigenvalue weighted by Crippen LogP contribution is -2.43. The molecular formula is C56H36B2F18. The fourth-order valence-electron chi connectivity index (χ4n) is 11.3. The second-order valence-electron chi connectivity index (χ2n) is 18.6. The van der Waals surface area contributed by atoms with Gasteiger partial charge in [-0.3, -0.25) is 0 Å². The summed E-state index contributed by atoms with van der Waals surface area (Å²) in [6.45, 7) is -3.14. The topological polar surface area (TPSA) is 0 Å². The Hall–Kier alpha value is -6.85. The Labute approximate surface area is 423 Å². The van der Waals surface area contributed by atoms with Crippen molar-refractivity contribution in [3.05, 3.63) is 224 Å². The van der Waals surface area contributed by atoms with Crippen LogP contribution in [0.25, 0.3) is 21.9 Å². The molecule has 6 aromatic carbocycles. The zero-order chi connectivity index (χ0) is 54.9. The molecule has 6 aromatic rings. The summed E-state index contributed by atoms with van der Waals surface area (Å²) in [5.41, 5.74) is -8.73. The Bertz CT molecular complexity index is 2880. The number of benzene rings is 6. The van der Waals surface area contributed by atoms with Crippen LogP contribution in [0, 0.1) is 0 Å². The van der Waals surface area contributed by atoms with Crippen LogP contribution in [-0.4, -0.2) is 13.4 Å². The average Bonchev–Trinajstić information content (AvgIpc) is 4.19. The molecule has 0 unspecified atom stereocenters. The van der Waals surface area contributed by atoms with E-state index in [0.29, 0.717) is 83.1 Å².